The minimum absolute atomic E-state index is 0.0282. The number of amides is 1. The molecular weight excluding hydrogens is 318 g/mol. The molecule has 1 aromatic carbocycles. The van der Waals surface area contributed by atoms with Gasteiger partial charge in [0.25, 0.3) is 0 Å². The molecule has 1 amide bonds. The van der Waals surface area contributed by atoms with Crippen LogP contribution in [0.2, 0.25) is 0 Å². The predicted molar refractivity (Wildman–Crippen MR) is 78.7 cm³/mol. The van der Waals surface area contributed by atoms with E-state index >= 15 is 0 Å². The number of carbonyl (C=O) groups excluding carboxylic acids is 1. The van der Waals surface area contributed by atoms with Gasteiger partial charge in [0, 0.05) is 11.9 Å². The molecule has 10 heteroatoms. The zero-order chi connectivity index (χ0) is 16.3. The van der Waals surface area contributed by atoms with E-state index in [2.05, 4.69) is 5.32 Å². The summed E-state index contributed by atoms with van der Waals surface area (Å²) in [6.07, 6.45) is 1.02. The van der Waals surface area contributed by atoms with E-state index in [-0.39, 0.29) is 22.8 Å². The maximum atomic E-state index is 11.8. The third kappa shape index (κ3) is 6.21. The molecule has 1 unspecified atom stereocenters. The van der Waals surface area contributed by atoms with Crippen LogP contribution in [0.1, 0.15) is 6.42 Å². The molecule has 0 saturated carbocycles. The van der Waals surface area contributed by atoms with Gasteiger partial charge in [-0.05, 0) is 24.6 Å². The quantitative estimate of drug-likeness (QED) is 0.609. The lowest BCUT2D eigenvalue weighted by molar-refractivity contribution is -0.117. The van der Waals surface area contributed by atoms with Crippen molar-refractivity contribution >= 4 is 31.5 Å². The molecule has 21 heavy (non-hydrogen) atoms. The molecule has 8 nitrogen and oxygen atoms in total. The van der Waals surface area contributed by atoms with Crippen molar-refractivity contribution in [1.82, 2.24) is 0 Å². The van der Waals surface area contributed by atoms with Gasteiger partial charge in [-0.1, -0.05) is 6.07 Å². The lowest BCUT2D eigenvalue weighted by Crippen LogP contribution is -2.37. The zero-order valence-corrected chi connectivity index (χ0v) is 12.9. The standard InChI is InChI=1S/C11H17N3O5S2/c1-20(16,17)6-5-10(12)11(15)14-8-3-2-4-9(7-8)21(13,18)19/h2-4,7,10H,5-6,12H2,1H3,(H,14,15)(H2,13,18,19). The molecule has 0 aliphatic carbocycles. The first kappa shape index (κ1) is 17.6. The van der Waals surface area contributed by atoms with Crippen LogP contribution < -0.4 is 16.2 Å². The third-order valence-electron chi connectivity index (χ3n) is 2.57. The molecule has 0 saturated heterocycles. The molecule has 0 aromatic heterocycles. The number of hydrogen-bond acceptors (Lipinski definition) is 6. The van der Waals surface area contributed by atoms with E-state index in [0.717, 1.165) is 6.26 Å². The highest BCUT2D eigenvalue weighted by atomic mass is 32.2. The lowest BCUT2D eigenvalue weighted by atomic mass is 10.2. The second-order valence-corrected chi connectivity index (χ2v) is 8.41. The molecule has 118 valence electrons. The smallest absolute Gasteiger partial charge is 0.241 e. The summed E-state index contributed by atoms with van der Waals surface area (Å²) >= 11 is 0. The van der Waals surface area contributed by atoms with Gasteiger partial charge in [-0.3, -0.25) is 4.79 Å². The molecule has 1 aromatic rings. The van der Waals surface area contributed by atoms with Crippen LogP contribution >= 0.6 is 0 Å². The first-order valence-electron chi connectivity index (χ1n) is 5.86. The van der Waals surface area contributed by atoms with E-state index in [1.54, 1.807) is 0 Å². The molecule has 1 atom stereocenters. The summed E-state index contributed by atoms with van der Waals surface area (Å²) < 4.78 is 44.4. The van der Waals surface area contributed by atoms with Gasteiger partial charge in [0.15, 0.2) is 0 Å². The minimum Gasteiger partial charge on any atom is -0.325 e. The van der Waals surface area contributed by atoms with Gasteiger partial charge >= 0.3 is 0 Å². The van der Waals surface area contributed by atoms with E-state index in [0.29, 0.717) is 0 Å². The molecule has 5 N–H and O–H groups in total. The van der Waals surface area contributed by atoms with E-state index in [1.165, 1.54) is 24.3 Å². The first-order chi connectivity index (χ1) is 9.49. The Morgan fingerprint density at radius 2 is 1.90 bits per heavy atom. The Morgan fingerprint density at radius 3 is 2.43 bits per heavy atom. The maximum Gasteiger partial charge on any atom is 0.241 e. The summed E-state index contributed by atoms with van der Waals surface area (Å²) in [5.74, 6) is -0.816. The van der Waals surface area contributed by atoms with Gasteiger partial charge in [0.05, 0.1) is 16.7 Å². The van der Waals surface area contributed by atoms with Crippen molar-refractivity contribution in [2.24, 2.45) is 10.9 Å². The van der Waals surface area contributed by atoms with Crippen molar-refractivity contribution in [3.05, 3.63) is 24.3 Å². The van der Waals surface area contributed by atoms with Gasteiger partial charge < -0.3 is 11.1 Å². The summed E-state index contributed by atoms with van der Waals surface area (Å²) in [5, 5.41) is 7.39. The largest absolute Gasteiger partial charge is 0.325 e. The fourth-order valence-electron chi connectivity index (χ4n) is 1.46. The predicted octanol–water partition coefficient (Wildman–Crippen LogP) is -0.965. The molecule has 0 bridgehead atoms. The number of nitrogens with two attached hydrogens (primary N) is 2. The minimum atomic E-state index is -3.87. The van der Waals surface area contributed by atoms with Crippen molar-refractivity contribution in [3.63, 3.8) is 0 Å². The molecule has 0 fully saturated rings. The number of benzene rings is 1. The number of anilines is 1. The number of primary sulfonamides is 1. The number of sulfone groups is 1. The molecule has 0 heterocycles. The fourth-order valence-corrected chi connectivity index (χ4v) is 2.70. The molecule has 0 radical (unpaired) electrons. The average Bonchev–Trinajstić information content (AvgIpc) is 2.34. The number of carbonyl (C=O) groups is 1. The molecule has 0 spiro atoms. The Kier molecular flexibility index (Phi) is 5.45. The molecular formula is C11H17N3O5S2. The second kappa shape index (κ2) is 6.52. The monoisotopic (exact) mass is 335 g/mol. The van der Waals surface area contributed by atoms with Crippen LogP contribution in [0.4, 0.5) is 5.69 Å². The van der Waals surface area contributed by atoms with Crippen LogP contribution in [0, 0.1) is 0 Å². The Morgan fingerprint density at radius 1 is 1.29 bits per heavy atom. The normalized spacial score (nSPS) is 13.7. The number of nitrogens with one attached hydrogen (secondary N) is 1. The van der Waals surface area contributed by atoms with Crippen molar-refractivity contribution in [3.8, 4) is 0 Å². The number of rotatable bonds is 6. The van der Waals surface area contributed by atoms with Gasteiger partial charge in [0.1, 0.15) is 9.84 Å². The van der Waals surface area contributed by atoms with Crippen LogP contribution in [-0.4, -0.2) is 40.8 Å². The van der Waals surface area contributed by atoms with Crippen LogP contribution in [0.25, 0.3) is 0 Å². The van der Waals surface area contributed by atoms with Crippen molar-refractivity contribution in [1.29, 1.82) is 0 Å². The molecule has 1 rings (SSSR count). The number of hydrogen-bond donors (Lipinski definition) is 3. The highest BCUT2D eigenvalue weighted by Gasteiger charge is 2.17. The second-order valence-electron chi connectivity index (χ2n) is 4.59. The summed E-state index contributed by atoms with van der Waals surface area (Å²) in [6, 6.07) is 4.34. The highest BCUT2D eigenvalue weighted by molar-refractivity contribution is 7.90. The Balaban J connectivity index is 2.75. The summed E-state index contributed by atoms with van der Waals surface area (Å²) in [6.45, 7) is 0. The van der Waals surface area contributed by atoms with E-state index in [1.807, 2.05) is 0 Å². The number of sulfonamides is 1. The lowest BCUT2D eigenvalue weighted by Gasteiger charge is -2.12. The molecule has 0 aliphatic heterocycles. The SMILES string of the molecule is CS(=O)(=O)CCC(N)C(=O)Nc1cccc(S(N)(=O)=O)c1. The van der Waals surface area contributed by atoms with Crippen LogP contribution in [0.15, 0.2) is 29.2 Å². The third-order valence-corrected chi connectivity index (χ3v) is 4.45. The zero-order valence-electron chi connectivity index (χ0n) is 11.3. The van der Waals surface area contributed by atoms with Crippen molar-refractivity contribution in [2.45, 2.75) is 17.4 Å². The maximum absolute atomic E-state index is 11.8. The van der Waals surface area contributed by atoms with Crippen molar-refractivity contribution in [2.75, 3.05) is 17.3 Å². The summed E-state index contributed by atoms with van der Waals surface area (Å²) in [7, 11) is -7.08. The summed E-state index contributed by atoms with van der Waals surface area (Å²) in [5.41, 5.74) is 5.79. The van der Waals surface area contributed by atoms with Crippen molar-refractivity contribution < 1.29 is 21.6 Å². The first-order valence-corrected chi connectivity index (χ1v) is 9.47. The van der Waals surface area contributed by atoms with Gasteiger partial charge in [-0.15, -0.1) is 0 Å². The Labute approximate surface area is 123 Å². The highest BCUT2D eigenvalue weighted by Crippen LogP contribution is 2.14. The average molecular weight is 335 g/mol. The van der Waals surface area contributed by atoms with Crippen LogP contribution in [-0.2, 0) is 24.7 Å². The van der Waals surface area contributed by atoms with Gasteiger partial charge in [0.2, 0.25) is 15.9 Å². The van der Waals surface area contributed by atoms with E-state index in [4.69, 9.17) is 10.9 Å². The molecule has 0 aliphatic rings. The fraction of sp³-hybridized carbons (Fsp3) is 0.364. The Hall–Kier alpha value is -1.49. The van der Waals surface area contributed by atoms with Gasteiger partial charge in [-0.2, -0.15) is 0 Å². The van der Waals surface area contributed by atoms with Crippen LogP contribution in [0.5, 0.6) is 0 Å². The van der Waals surface area contributed by atoms with E-state index in [9.17, 15) is 21.6 Å². The summed E-state index contributed by atoms with van der Waals surface area (Å²) in [4.78, 5) is 11.6. The van der Waals surface area contributed by atoms with Gasteiger partial charge in [-0.25, -0.2) is 22.0 Å². The topological polar surface area (TPSA) is 149 Å². The van der Waals surface area contributed by atoms with E-state index < -0.39 is 31.8 Å². The van der Waals surface area contributed by atoms with Crippen LogP contribution in [0.3, 0.4) is 0 Å². The Bertz CT molecular complexity index is 728.